The van der Waals surface area contributed by atoms with Crippen molar-refractivity contribution in [2.75, 3.05) is 11.4 Å². The van der Waals surface area contributed by atoms with Gasteiger partial charge in [0.2, 0.25) is 6.54 Å². The van der Waals surface area contributed by atoms with Crippen LogP contribution in [0.3, 0.4) is 0 Å². The van der Waals surface area contributed by atoms with Crippen LogP contribution in [0.5, 0.6) is 0 Å². The summed E-state index contributed by atoms with van der Waals surface area (Å²) in [4.78, 5) is 39.5. The fourth-order valence-electron chi connectivity index (χ4n) is 4.48. The third-order valence-corrected chi connectivity index (χ3v) is 5.53. The summed E-state index contributed by atoms with van der Waals surface area (Å²) in [5.41, 5.74) is -0.502. The van der Waals surface area contributed by atoms with Gasteiger partial charge < -0.3 is 4.74 Å². The van der Waals surface area contributed by atoms with Crippen LogP contribution in [-0.2, 0) is 14.9 Å². The van der Waals surface area contributed by atoms with Gasteiger partial charge in [-0.2, -0.15) is 0 Å². The van der Waals surface area contributed by atoms with Crippen LogP contribution in [-0.4, -0.2) is 29.1 Å². The zero-order chi connectivity index (χ0) is 22.8. The number of ether oxygens (including phenoxy) is 1. The Labute approximate surface area is 182 Å². The lowest BCUT2D eigenvalue weighted by Crippen LogP contribution is -2.51. The summed E-state index contributed by atoms with van der Waals surface area (Å²) in [5.74, 6) is -1.13. The first kappa shape index (κ1) is 22.5. The molecule has 1 aliphatic heterocycles. The average Bonchev–Trinajstić information content (AvgIpc) is 2.95. The number of benzene rings is 2. The summed E-state index contributed by atoms with van der Waals surface area (Å²) in [5, 5.41) is 11.6. The standard InChI is InChI=1S/C24H28N2O5/c1-5-11-18(16-25(29)30)24(17-12-7-6-8-13-17)19-14-9-10-15-20(19)26(21(24)27)22(28)31-23(2,3)4/h6-10,12-15,18H,5,11,16H2,1-4H3/t18?,24-/m1/s1. The van der Waals surface area contributed by atoms with Crippen molar-refractivity contribution >= 4 is 17.7 Å². The molecule has 164 valence electrons. The largest absolute Gasteiger partial charge is 0.443 e. The number of amides is 2. The molecular weight excluding hydrogens is 396 g/mol. The van der Waals surface area contributed by atoms with E-state index in [1.54, 1.807) is 69.3 Å². The van der Waals surface area contributed by atoms with Crippen molar-refractivity contribution in [3.63, 3.8) is 0 Å². The predicted molar refractivity (Wildman–Crippen MR) is 118 cm³/mol. The number of rotatable bonds is 6. The number of carbonyl (C=O) groups excluding carboxylic acids is 2. The normalized spacial score (nSPS) is 19.1. The fraction of sp³-hybridized carbons (Fsp3) is 0.417. The van der Waals surface area contributed by atoms with Crippen LogP contribution in [0.4, 0.5) is 10.5 Å². The van der Waals surface area contributed by atoms with Crippen molar-refractivity contribution in [3.05, 3.63) is 75.8 Å². The number of imide groups is 1. The number of nitro groups is 1. The second-order valence-electron chi connectivity index (χ2n) is 8.81. The third-order valence-electron chi connectivity index (χ3n) is 5.53. The Bertz CT molecular complexity index is 983. The van der Waals surface area contributed by atoms with Crippen LogP contribution in [0.2, 0.25) is 0 Å². The molecular formula is C24H28N2O5. The first-order valence-corrected chi connectivity index (χ1v) is 10.5. The van der Waals surface area contributed by atoms with Crippen LogP contribution in [0.1, 0.15) is 51.7 Å². The Morgan fingerprint density at radius 2 is 1.74 bits per heavy atom. The molecule has 0 aromatic heterocycles. The van der Waals surface area contributed by atoms with E-state index in [1.807, 2.05) is 13.0 Å². The van der Waals surface area contributed by atoms with Crippen LogP contribution in [0.15, 0.2) is 54.6 Å². The Balaban J connectivity index is 2.29. The van der Waals surface area contributed by atoms with Crippen molar-refractivity contribution in [2.24, 2.45) is 5.92 Å². The van der Waals surface area contributed by atoms with Crippen molar-refractivity contribution in [1.82, 2.24) is 0 Å². The molecule has 0 fully saturated rings. The molecule has 31 heavy (non-hydrogen) atoms. The molecule has 2 aromatic carbocycles. The zero-order valence-corrected chi connectivity index (χ0v) is 18.3. The number of anilines is 1. The lowest BCUT2D eigenvalue weighted by Gasteiger charge is -2.35. The Kier molecular flexibility index (Phi) is 6.15. The minimum atomic E-state index is -1.35. The SMILES string of the molecule is CCCC(C[N+](=O)[O-])[C@@]1(c2ccccc2)C(=O)N(C(=O)OC(C)(C)C)c2ccccc21. The first-order valence-electron chi connectivity index (χ1n) is 10.5. The summed E-state index contributed by atoms with van der Waals surface area (Å²) in [6, 6.07) is 16.0. The molecule has 0 N–H and O–H groups in total. The van der Waals surface area contributed by atoms with Gasteiger partial charge in [-0.1, -0.05) is 61.9 Å². The number of fused-ring (bicyclic) bond motifs is 1. The quantitative estimate of drug-likeness (QED) is 0.484. The van der Waals surface area contributed by atoms with Gasteiger partial charge in [0.05, 0.1) is 5.69 Å². The maximum absolute atomic E-state index is 14.1. The van der Waals surface area contributed by atoms with Gasteiger partial charge >= 0.3 is 6.09 Å². The molecule has 1 unspecified atom stereocenters. The van der Waals surface area contributed by atoms with E-state index < -0.39 is 28.9 Å². The van der Waals surface area contributed by atoms with Gasteiger partial charge in [0, 0.05) is 10.8 Å². The van der Waals surface area contributed by atoms with Crippen molar-refractivity contribution in [3.8, 4) is 0 Å². The molecule has 7 heteroatoms. The van der Waals surface area contributed by atoms with E-state index in [0.717, 1.165) is 4.90 Å². The van der Waals surface area contributed by atoms with Crippen LogP contribution in [0.25, 0.3) is 0 Å². The third kappa shape index (κ3) is 4.04. The second-order valence-corrected chi connectivity index (χ2v) is 8.81. The summed E-state index contributed by atoms with van der Waals surface area (Å²) >= 11 is 0. The molecule has 7 nitrogen and oxygen atoms in total. The van der Waals surface area contributed by atoms with E-state index in [1.165, 1.54) is 0 Å². The smallest absolute Gasteiger partial charge is 0.421 e. The fourth-order valence-corrected chi connectivity index (χ4v) is 4.48. The Morgan fingerprint density at radius 3 is 2.32 bits per heavy atom. The van der Waals surface area contributed by atoms with Gasteiger partial charge in [-0.05, 0) is 44.4 Å². The molecule has 0 bridgehead atoms. The molecule has 0 spiro atoms. The minimum Gasteiger partial charge on any atom is -0.443 e. The summed E-state index contributed by atoms with van der Waals surface area (Å²) in [6.45, 7) is 6.74. The zero-order valence-electron chi connectivity index (χ0n) is 18.3. The molecule has 1 heterocycles. The second kappa shape index (κ2) is 8.49. The van der Waals surface area contributed by atoms with Gasteiger partial charge in [0.1, 0.15) is 11.0 Å². The molecule has 0 radical (unpaired) electrons. The van der Waals surface area contributed by atoms with Crippen molar-refractivity contribution < 1.29 is 19.2 Å². The predicted octanol–water partition coefficient (Wildman–Crippen LogP) is 4.95. The van der Waals surface area contributed by atoms with Gasteiger partial charge in [-0.3, -0.25) is 14.9 Å². The summed E-state index contributed by atoms with van der Waals surface area (Å²) < 4.78 is 5.53. The van der Waals surface area contributed by atoms with E-state index in [-0.39, 0.29) is 11.5 Å². The van der Waals surface area contributed by atoms with Gasteiger partial charge in [-0.15, -0.1) is 0 Å². The van der Waals surface area contributed by atoms with Crippen LogP contribution >= 0.6 is 0 Å². The number of nitrogens with zero attached hydrogens (tertiary/aromatic N) is 2. The number of carbonyl (C=O) groups is 2. The number of para-hydroxylation sites is 1. The number of hydrogen-bond acceptors (Lipinski definition) is 5. The highest BCUT2D eigenvalue weighted by molar-refractivity contribution is 6.22. The molecule has 0 saturated heterocycles. The molecule has 2 aromatic rings. The van der Waals surface area contributed by atoms with E-state index in [0.29, 0.717) is 29.7 Å². The van der Waals surface area contributed by atoms with Gasteiger partial charge in [-0.25, -0.2) is 9.69 Å². The van der Waals surface area contributed by atoms with Gasteiger partial charge in [0.15, 0.2) is 0 Å². The van der Waals surface area contributed by atoms with Gasteiger partial charge in [0.25, 0.3) is 5.91 Å². The highest BCUT2D eigenvalue weighted by atomic mass is 16.6. The maximum Gasteiger partial charge on any atom is 0.421 e. The molecule has 0 aliphatic carbocycles. The Morgan fingerprint density at radius 1 is 1.13 bits per heavy atom. The van der Waals surface area contributed by atoms with E-state index in [9.17, 15) is 19.7 Å². The molecule has 2 atom stereocenters. The summed E-state index contributed by atoms with van der Waals surface area (Å²) in [6.07, 6.45) is 0.340. The van der Waals surface area contributed by atoms with E-state index in [2.05, 4.69) is 0 Å². The first-order chi connectivity index (χ1) is 14.6. The lowest BCUT2D eigenvalue weighted by molar-refractivity contribution is -0.489. The summed E-state index contributed by atoms with van der Waals surface area (Å²) in [7, 11) is 0. The highest BCUT2D eigenvalue weighted by Gasteiger charge is 2.59. The van der Waals surface area contributed by atoms with E-state index >= 15 is 0 Å². The average molecular weight is 424 g/mol. The Hall–Kier alpha value is -3.22. The highest BCUT2D eigenvalue weighted by Crippen LogP contribution is 2.52. The molecule has 0 saturated carbocycles. The molecule has 1 aliphatic rings. The monoisotopic (exact) mass is 424 g/mol. The molecule has 3 rings (SSSR count). The topological polar surface area (TPSA) is 89.8 Å². The molecule has 2 amide bonds. The van der Waals surface area contributed by atoms with Crippen molar-refractivity contribution in [1.29, 1.82) is 0 Å². The number of hydrogen-bond donors (Lipinski definition) is 0. The lowest BCUT2D eigenvalue weighted by atomic mass is 9.65. The maximum atomic E-state index is 14.1. The van der Waals surface area contributed by atoms with Crippen molar-refractivity contribution in [2.45, 2.75) is 51.6 Å². The minimum absolute atomic E-state index is 0.378. The van der Waals surface area contributed by atoms with Crippen LogP contribution < -0.4 is 4.90 Å². The van der Waals surface area contributed by atoms with E-state index in [4.69, 9.17) is 4.74 Å². The van der Waals surface area contributed by atoms with Crippen LogP contribution in [0, 0.1) is 16.0 Å².